The first-order valence-electron chi connectivity index (χ1n) is 8.91. The Hall–Kier alpha value is -2.20. The van der Waals surface area contributed by atoms with E-state index in [0.29, 0.717) is 24.1 Å². The first-order chi connectivity index (χ1) is 12.0. The highest BCUT2D eigenvalue weighted by molar-refractivity contribution is 5.93. The van der Waals surface area contributed by atoms with Crippen LogP contribution >= 0.6 is 0 Å². The van der Waals surface area contributed by atoms with E-state index in [-0.39, 0.29) is 18.3 Å². The molecule has 1 fully saturated rings. The van der Waals surface area contributed by atoms with Crippen LogP contribution in [0.15, 0.2) is 48.5 Å². The van der Waals surface area contributed by atoms with Gasteiger partial charge in [0.15, 0.2) is 0 Å². The minimum absolute atomic E-state index is 0.0451. The molecule has 4 heteroatoms. The van der Waals surface area contributed by atoms with E-state index in [4.69, 9.17) is 0 Å². The number of halogens is 1. The maximum Gasteiger partial charge on any atom is 0.238 e. The first kappa shape index (κ1) is 17.6. The number of para-hydroxylation sites is 1. The smallest absolute Gasteiger partial charge is 0.238 e. The van der Waals surface area contributed by atoms with Crippen molar-refractivity contribution in [1.29, 1.82) is 0 Å². The number of anilines is 1. The lowest BCUT2D eigenvalue weighted by Crippen LogP contribution is -2.35. The molecule has 0 aromatic heterocycles. The summed E-state index contributed by atoms with van der Waals surface area (Å²) in [5, 5.41) is 3.03. The van der Waals surface area contributed by atoms with Crippen LogP contribution in [0, 0.1) is 5.82 Å². The van der Waals surface area contributed by atoms with Crippen molar-refractivity contribution in [3.05, 3.63) is 65.5 Å². The fourth-order valence-corrected chi connectivity index (χ4v) is 3.09. The number of nitrogens with one attached hydrogen (secondary N) is 1. The second-order valence-corrected chi connectivity index (χ2v) is 7.02. The topological polar surface area (TPSA) is 32.3 Å². The number of carbonyl (C=O) groups excluding carboxylic acids is 1. The van der Waals surface area contributed by atoms with E-state index in [9.17, 15) is 9.18 Å². The van der Waals surface area contributed by atoms with Crippen molar-refractivity contribution >= 4 is 11.6 Å². The van der Waals surface area contributed by atoms with Crippen molar-refractivity contribution < 1.29 is 9.18 Å². The molecular weight excluding hydrogens is 315 g/mol. The summed E-state index contributed by atoms with van der Waals surface area (Å²) in [7, 11) is 0. The molecule has 0 aliphatic heterocycles. The number of amides is 1. The molecule has 3 rings (SSSR count). The fraction of sp³-hybridized carbons (Fsp3) is 0.381. The predicted octanol–water partition coefficient (Wildman–Crippen LogP) is 4.55. The molecule has 1 aliphatic rings. The van der Waals surface area contributed by atoms with Crippen LogP contribution in [0.3, 0.4) is 0 Å². The maximum atomic E-state index is 13.9. The van der Waals surface area contributed by atoms with Crippen molar-refractivity contribution in [1.82, 2.24) is 4.90 Å². The van der Waals surface area contributed by atoms with E-state index < -0.39 is 0 Å². The third-order valence-corrected chi connectivity index (χ3v) is 4.60. The Kier molecular flexibility index (Phi) is 5.49. The van der Waals surface area contributed by atoms with Gasteiger partial charge in [-0.05, 0) is 36.5 Å². The molecule has 0 unspecified atom stereocenters. The molecule has 25 heavy (non-hydrogen) atoms. The minimum Gasteiger partial charge on any atom is -0.325 e. The Morgan fingerprint density at radius 1 is 1.16 bits per heavy atom. The van der Waals surface area contributed by atoms with Crippen LogP contribution in [0.25, 0.3) is 0 Å². The van der Waals surface area contributed by atoms with Gasteiger partial charge in [-0.25, -0.2) is 4.39 Å². The SMILES string of the molecule is CC(C)c1ccccc1NC(=O)CN(Cc1ccccc1F)C1CC1. The normalized spacial score (nSPS) is 14.1. The van der Waals surface area contributed by atoms with Crippen LogP contribution in [-0.2, 0) is 11.3 Å². The molecule has 0 atom stereocenters. The molecule has 0 spiro atoms. The standard InChI is InChI=1S/C21H25FN2O/c1-15(2)18-8-4-6-10-20(18)23-21(25)14-24(17-11-12-17)13-16-7-3-5-9-19(16)22/h3-10,15,17H,11-14H2,1-2H3,(H,23,25). The number of carbonyl (C=O) groups is 1. The zero-order valence-electron chi connectivity index (χ0n) is 14.8. The molecule has 1 aliphatic carbocycles. The van der Waals surface area contributed by atoms with Gasteiger partial charge in [-0.2, -0.15) is 0 Å². The number of nitrogens with zero attached hydrogens (tertiary/aromatic N) is 1. The van der Waals surface area contributed by atoms with Gasteiger partial charge in [0.25, 0.3) is 0 Å². The quantitative estimate of drug-likeness (QED) is 0.802. The van der Waals surface area contributed by atoms with Gasteiger partial charge in [0.05, 0.1) is 6.54 Å². The van der Waals surface area contributed by atoms with Crippen LogP contribution in [0.5, 0.6) is 0 Å². The number of benzene rings is 2. The van der Waals surface area contributed by atoms with Crippen molar-refractivity contribution in [3.63, 3.8) is 0 Å². The highest BCUT2D eigenvalue weighted by Crippen LogP contribution is 2.29. The van der Waals surface area contributed by atoms with E-state index >= 15 is 0 Å². The van der Waals surface area contributed by atoms with Crippen LogP contribution in [0.4, 0.5) is 10.1 Å². The van der Waals surface area contributed by atoms with Gasteiger partial charge < -0.3 is 5.32 Å². The Bertz CT molecular complexity index is 740. The molecule has 1 N–H and O–H groups in total. The predicted molar refractivity (Wildman–Crippen MR) is 99.0 cm³/mol. The molecule has 0 radical (unpaired) electrons. The van der Waals surface area contributed by atoms with Gasteiger partial charge in [-0.1, -0.05) is 50.2 Å². The van der Waals surface area contributed by atoms with Gasteiger partial charge in [0.1, 0.15) is 5.82 Å². The summed E-state index contributed by atoms with van der Waals surface area (Å²) in [4.78, 5) is 14.6. The molecular formula is C21H25FN2O. The molecule has 132 valence electrons. The molecule has 1 amide bonds. The van der Waals surface area contributed by atoms with E-state index in [2.05, 4.69) is 24.1 Å². The Morgan fingerprint density at radius 2 is 1.84 bits per heavy atom. The Labute approximate surface area is 148 Å². The number of hydrogen-bond donors (Lipinski definition) is 1. The van der Waals surface area contributed by atoms with Gasteiger partial charge in [-0.3, -0.25) is 9.69 Å². The third kappa shape index (κ3) is 4.67. The van der Waals surface area contributed by atoms with E-state index in [0.717, 1.165) is 24.1 Å². The van der Waals surface area contributed by atoms with E-state index in [1.54, 1.807) is 12.1 Å². The summed E-state index contributed by atoms with van der Waals surface area (Å²) >= 11 is 0. The monoisotopic (exact) mass is 340 g/mol. The highest BCUT2D eigenvalue weighted by Gasteiger charge is 2.30. The fourth-order valence-electron chi connectivity index (χ4n) is 3.09. The molecule has 0 heterocycles. The lowest BCUT2D eigenvalue weighted by Gasteiger charge is -2.22. The lowest BCUT2D eigenvalue weighted by molar-refractivity contribution is -0.117. The van der Waals surface area contributed by atoms with Crippen LogP contribution in [-0.4, -0.2) is 23.4 Å². The van der Waals surface area contributed by atoms with Gasteiger partial charge in [0, 0.05) is 23.8 Å². The number of hydrogen-bond acceptors (Lipinski definition) is 2. The summed E-state index contributed by atoms with van der Waals surface area (Å²) in [6.45, 7) is 4.97. The maximum absolute atomic E-state index is 13.9. The molecule has 0 bridgehead atoms. The largest absolute Gasteiger partial charge is 0.325 e. The van der Waals surface area contributed by atoms with Crippen molar-refractivity contribution in [2.75, 3.05) is 11.9 Å². The van der Waals surface area contributed by atoms with Crippen molar-refractivity contribution in [2.45, 2.75) is 45.2 Å². The molecule has 3 nitrogen and oxygen atoms in total. The van der Waals surface area contributed by atoms with Gasteiger partial charge >= 0.3 is 0 Å². The van der Waals surface area contributed by atoms with E-state index in [1.807, 2.05) is 30.3 Å². The lowest BCUT2D eigenvalue weighted by atomic mass is 10.0. The molecule has 1 saturated carbocycles. The van der Waals surface area contributed by atoms with Crippen molar-refractivity contribution in [3.8, 4) is 0 Å². The highest BCUT2D eigenvalue weighted by atomic mass is 19.1. The zero-order valence-corrected chi connectivity index (χ0v) is 14.8. The van der Waals surface area contributed by atoms with Gasteiger partial charge in [0.2, 0.25) is 5.91 Å². The summed E-state index contributed by atoms with van der Waals surface area (Å²) in [5.41, 5.74) is 2.64. The van der Waals surface area contributed by atoms with Gasteiger partial charge in [-0.15, -0.1) is 0 Å². The molecule has 2 aromatic rings. The van der Waals surface area contributed by atoms with E-state index in [1.165, 1.54) is 6.07 Å². The average molecular weight is 340 g/mol. The minimum atomic E-state index is -0.210. The Balaban J connectivity index is 1.67. The second-order valence-electron chi connectivity index (χ2n) is 7.02. The van der Waals surface area contributed by atoms with Crippen LogP contribution in [0.2, 0.25) is 0 Å². The Morgan fingerprint density at radius 3 is 2.52 bits per heavy atom. The number of rotatable bonds is 7. The summed E-state index contributed by atoms with van der Waals surface area (Å²) in [5.74, 6) is 0.0875. The molecule has 2 aromatic carbocycles. The van der Waals surface area contributed by atoms with Crippen LogP contribution in [0.1, 0.15) is 43.7 Å². The molecule has 0 saturated heterocycles. The summed E-state index contributed by atoms with van der Waals surface area (Å²) in [6.07, 6.45) is 2.15. The van der Waals surface area contributed by atoms with Crippen LogP contribution < -0.4 is 5.32 Å². The summed E-state index contributed by atoms with van der Waals surface area (Å²) < 4.78 is 13.9. The average Bonchev–Trinajstić information content (AvgIpc) is 3.41. The first-order valence-corrected chi connectivity index (χ1v) is 8.91. The second kappa shape index (κ2) is 7.79. The zero-order chi connectivity index (χ0) is 17.8. The summed E-state index contributed by atoms with van der Waals surface area (Å²) in [6, 6.07) is 15.1. The third-order valence-electron chi connectivity index (χ3n) is 4.60. The van der Waals surface area contributed by atoms with Crippen molar-refractivity contribution in [2.24, 2.45) is 0 Å².